The summed E-state index contributed by atoms with van der Waals surface area (Å²) >= 11 is 0. The van der Waals surface area contributed by atoms with Gasteiger partial charge in [0, 0.05) is 31.4 Å². The highest BCUT2D eigenvalue weighted by atomic mass is 19.1. The maximum absolute atomic E-state index is 13.1. The second-order valence-corrected chi connectivity index (χ2v) is 6.68. The van der Waals surface area contributed by atoms with Crippen LogP contribution < -0.4 is 10.2 Å². The van der Waals surface area contributed by atoms with E-state index in [1.54, 1.807) is 18.3 Å². The molecule has 26 heavy (non-hydrogen) atoms. The van der Waals surface area contributed by atoms with E-state index in [2.05, 4.69) is 27.1 Å². The molecule has 0 radical (unpaired) electrons. The van der Waals surface area contributed by atoms with Crippen LogP contribution >= 0.6 is 0 Å². The Hall–Kier alpha value is -2.50. The number of benzene rings is 1. The lowest BCUT2D eigenvalue weighted by atomic mass is 9.97. The van der Waals surface area contributed by atoms with Crippen LogP contribution in [-0.2, 0) is 4.79 Å². The Morgan fingerprint density at radius 2 is 2.12 bits per heavy atom. The zero-order valence-corrected chi connectivity index (χ0v) is 15.1. The molecule has 1 N–H and O–H groups in total. The second kappa shape index (κ2) is 8.74. The fourth-order valence-electron chi connectivity index (χ4n) is 3.20. The van der Waals surface area contributed by atoms with Gasteiger partial charge in [-0.2, -0.15) is 0 Å². The van der Waals surface area contributed by atoms with Crippen LogP contribution in [0.25, 0.3) is 11.4 Å². The van der Waals surface area contributed by atoms with E-state index >= 15 is 0 Å². The number of hydrogen-bond acceptors (Lipinski definition) is 4. The van der Waals surface area contributed by atoms with Gasteiger partial charge >= 0.3 is 0 Å². The Balaban J connectivity index is 1.69. The number of aromatic nitrogens is 2. The lowest BCUT2D eigenvalue weighted by Gasteiger charge is -2.33. The predicted octanol–water partition coefficient (Wildman–Crippen LogP) is 3.42. The molecular formula is C20H25FN4O. The van der Waals surface area contributed by atoms with Crippen molar-refractivity contribution < 1.29 is 9.18 Å². The van der Waals surface area contributed by atoms with Crippen LogP contribution in [-0.4, -0.2) is 35.5 Å². The summed E-state index contributed by atoms with van der Waals surface area (Å²) in [6.45, 7) is 4.40. The second-order valence-electron chi connectivity index (χ2n) is 6.68. The molecule has 0 bridgehead atoms. The number of unbranched alkanes of at least 4 members (excludes halogenated alkanes) is 1. The lowest BCUT2D eigenvalue weighted by Crippen LogP contribution is -2.43. The van der Waals surface area contributed by atoms with Crippen molar-refractivity contribution in [2.24, 2.45) is 5.92 Å². The van der Waals surface area contributed by atoms with Crippen molar-refractivity contribution in [3.63, 3.8) is 0 Å². The van der Waals surface area contributed by atoms with Crippen molar-refractivity contribution >= 4 is 11.7 Å². The SMILES string of the molecule is CCCCNC(=O)[C@H]1CCCN(c2ccnc(-c3ccc(F)cc3)n2)C1. The van der Waals surface area contributed by atoms with Gasteiger partial charge in [-0.1, -0.05) is 13.3 Å². The van der Waals surface area contributed by atoms with Crippen LogP contribution in [0, 0.1) is 11.7 Å². The molecule has 0 spiro atoms. The number of carbonyl (C=O) groups is 1. The summed E-state index contributed by atoms with van der Waals surface area (Å²) in [5.41, 5.74) is 0.777. The van der Waals surface area contributed by atoms with Crippen LogP contribution in [0.15, 0.2) is 36.5 Å². The van der Waals surface area contributed by atoms with Crippen LogP contribution in [0.1, 0.15) is 32.6 Å². The molecule has 2 heterocycles. The highest BCUT2D eigenvalue weighted by molar-refractivity contribution is 5.79. The van der Waals surface area contributed by atoms with Gasteiger partial charge in [-0.3, -0.25) is 4.79 Å². The summed E-state index contributed by atoms with van der Waals surface area (Å²) in [5.74, 6) is 1.22. The Morgan fingerprint density at radius 1 is 1.31 bits per heavy atom. The molecule has 1 aliphatic rings. The van der Waals surface area contributed by atoms with Crippen LogP contribution in [0.4, 0.5) is 10.2 Å². The molecule has 2 aromatic rings. The first-order valence-corrected chi connectivity index (χ1v) is 9.29. The van der Waals surface area contributed by atoms with Gasteiger partial charge in [0.25, 0.3) is 0 Å². The normalized spacial score (nSPS) is 17.2. The molecule has 0 saturated carbocycles. The molecule has 1 fully saturated rings. The number of amides is 1. The van der Waals surface area contributed by atoms with E-state index in [4.69, 9.17) is 0 Å². The van der Waals surface area contributed by atoms with Crippen molar-refractivity contribution in [3.05, 3.63) is 42.3 Å². The van der Waals surface area contributed by atoms with Crippen molar-refractivity contribution in [2.75, 3.05) is 24.5 Å². The van der Waals surface area contributed by atoms with E-state index in [1.807, 2.05) is 6.07 Å². The topological polar surface area (TPSA) is 58.1 Å². The van der Waals surface area contributed by atoms with Gasteiger partial charge in [0.15, 0.2) is 5.82 Å². The van der Waals surface area contributed by atoms with Crippen LogP contribution in [0.5, 0.6) is 0 Å². The third kappa shape index (κ3) is 4.56. The summed E-state index contributed by atoms with van der Waals surface area (Å²) in [6.07, 6.45) is 5.66. The number of carbonyl (C=O) groups excluding carboxylic acids is 1. The summed E-state index contributed by atoms with van der Waals surface area (Å²) in [6, 6.07) is 8.03. The largest absolute Gasteiger partial charge is 0.356 e. The number of halogens is 1. The first-order valence-electron chi connectivity index (χ1n) is 9.29. The highest BCUT2D eigenvalue weighted by Gasteiger charge is 2.26. The molecule has 1 amide bonds. The third-order valence-electron chi connectivity index (χ3n) is 4.69. The van der Waals surface area contributed by atoms with Gasteiger partial charge in [-0.25, -0.2) is 14.4 Å². The van der Waals surface area contributed by atoms with E-state index < -0.39 is 0 Å². The fraction of sp³-hybridized carbons (Fsp3) is 0.450. The van der Waals surface area contributed by atoms with E-state index in [0.717, 1.165) is 50.2 Å². The minimum Gasteiger partial charge on any atom is -0.356 e. The van der Waals surface area contributed by atoms with Gasteiger partial charge < -0.3 is 10.2 Å². The molecule has 0 aliphatic carbocycles. The van der Waals surface area contributed by atoms with Gasteiger partial charge in [0.2, 0.25) is 5.91 Å². The van der Waals surface area contributed by atoms with E-state index in [9.17, 15) is 9.18 Å². The predicted molar refractivity (Wildman–Crippen MR) is 100 cm³/mol. The quantitative estimate of drug-likeness (QED) is 0.806. The molecule has 1 atom stereocenters. The van der Waals surface area contributed by atoms with E-state index in [-0.39, 0.29) is 17.6 Å². The summed E-state index contributed by atoms with van der Waals surface area (Å²) in [4.78, 5) is 23.4. The number of piperidine rings is 1. The fourth-order valence-corrected chi connectivity index (χ4v) is 3.20. The first-order chi connectivity index (χ1) is 12.7. The van der Waals surface area contributed by atoms with Crippen molar-refractivity contribution in [1.82, 2.24) is 15.3 Å². The standard InChI is InChI=1S/C20H25FN4O/c1-2-3-11-23-20(26)16-5-4-13-25(14-16)18-10-12-22-19(24-18)15-6-8-17(21)9-7-15/h6-10,12,16H,2-5,11,13-14H2,1H3,(H,23,26)/t16-/m0/s1. The maximum atomic E-state index is 13.1. The van der Waals surface area contributed by atoms with Crippen LogP contribution in [0.2, 0.25) is 0 Å². The molecule has 6 heteroatoms. The number of nitrogens with zero attached hydrogens (tertiary/aromatic N) is 3. The molecule has 0 unspecified atom stereocenters. The average Bonchev–Trinajstić information content (AvgIpc) is 2.69. The van der Waals surface area contributed by atoms with Crippen molar-refractivity contribution in [2.45, 2.75) is 32.6 Å². The number of rotatable bonds is 6. The minimum absolute atomic E-state index is 0.00941. The van der Waals surface area contributed by atoms with E-state index in [1.165, 1.54) is 12.1 Å². The summed E-state index contributed by atoms with van der Waals surface area (Å²) < 4.78 is 13.1. The summed E-state index contributed by atoms with van der Waals surface area (Å²) in [5, 5.41) is 3.03. The van der Waals surface area contributed by atoms with E-state index in [0.29, 0.717) is 12.4 Å². The summed E-state index contributed by atoms with van der Waals surface area (Å²) in [7, 11) is 0. The number of nitrogens with one attached hydrogen (secondary N) is 1. The first kappa shape index (κ1) is 18.3. The average molecular weight is 356 g/mol. The molecule has 1 aliphatic heterocycles. The third-order valence-corrected chi connectivity index (χ3v) is 4.69. The van der Waals surface area contributed by atoms with Gasteiger partial charge in [0.05, 0.1) is 5.92 Å². The Morgan fingerprint density at radius 3 is 2.88 bits per heavy atom. The van der Waals surface area contributed by atoms with Crippen molar-refractivity contribution in [1.29, 1.82) is 0 Å². The zero-order valence-electron chi connectivity index (χ0n) is 15.1. The molecule has 138 valence electrons. The molecule has 3 rings (SSSR count). The molecular weight excluding hydrogens is 331 g/mol. The molecule has 1 aromatic heterocycles. The molecule has 5 nitrogen and oxygen atoms in total. The lowest BCUT2D eigenvalue weighted by molar-refractivity contribution is -0.125. The maximum Gasteiger partial charge on any atom is 0.224 e. The molecule has 1 aromatic carbocycles. The number of hydrogen-bond donors (Lipinski definition) is 1. The molecule has 1 saturated heterocycles. The Bertz CT molecular complexity index is 735. The monoisotopic (exact) mass is 356 g/mol. The van der Waals surface area contributed by atoms with Gasteiger partial charge in [-0.05, 0) is 49.6 Å². The smallest absolute Gasteiger partial charge is 0.224 e. The van der Waals surface area contributed by atoms with Gasteiger partial charge in [0.1, 0.15) is 11.6 Å². The number of anilines is 1. The zero-order chi connectivity index (χ0) is 18.4. The van der Waals surface area contributed by atoms with Crippen LogP contribution in [0.3, 0.4) is 0 Å². The highest BCUT2D eigenvalue weighted by Crippen LogP contribution is 2.24. The Kier molecular flexibility index (Phi) is 6.15. The minimum atomic E-state index is -0.280. The Labute approximate surface area is 153 Å². The van der Waals surface area contributed by atoms with Gasteiger partial charge in [-0.15, -0.1) is 0 Å². The van der Waals surface area contributed by atoms with Crippen molar-refractivity contribution in [3.8, 4) is 11.4 Å².